The summed E-state index contributed by atoms with van der Waals surface area (Å²) >= 11 is 0. The van der Waals surface area contributed by atoms with E-state index >= 15 is 0 Å². The number of anilines is 2. The van der Waals surface area contributed by atoms with Crippen LogP contribution in [0.3, 0.4) is 0 Å². The van der Waals surface area contributed by atoms with Crippen LogP contribution in [0, 0.1) is 17.2 Å². The highest BCUT2D eigenvalue weighted by Gasteiger charge is 2.42. The summed E-state index contributed by atoms with van der Waals surface area (Å²) in [5.41, 5.74) is 0.695. The predicted molar refractivity (Wildman–Crippen MR) is 107 cm³/mol. The van der Waals surface area contributed by atoms with Crippen LogP contribution in [0.5, 0.6) is 0 Å². The van der Waals surface area contributed by atoms with E-state index in [0.29, 0.717) is 50.7 Å². The largest absolute Gasteiger partial charge is 0.347 e. The number of carbonyl (C=O) groups is 1. The standard InChI is InChI=1S/C21H21N5O4/c22-12-14-15(13-4-2-1-3-5-13)16-17(23-18(14)27)24-20(25-19(16)28)26-8-6-21(7-9-26)29-10-11-30-21/h1-5,14-15H,6-11H2,(H2,23,24,25,27,28). The second kappa shape index (κ2) is 7.23. The smallest absolute Gasteiger partial charge is 0.258 e. The molecule has 9 nitrogen and oxygen atoms in total. The molecule has 3 aliphatic rings. The molecular weight excluding hydrogens is 386 g/mol. The monoisotopic (exact) mass is 407 g/mol. The normalized spacial score (nSPS) is 24.9. The predicted octanol–water partition coefficient (Wildman–Crippen LogP) is 1.34. The number of piperidine rings is 1. The minimum absolute atomic E-state index is 0.216. The number of amides is 1. The lowest BCUT2D eigenvalue weighted by Gasteiger charge is -2.38. The average Bonchev–Trinajstić information content (AvgIpc) is 3.21. The molecule has 1 aromatic heterocycles. The topological polar surface area (TPSA) is 120 Å². The van der Waals surface area contributed by atoms with Crippen LogP contribution in [0.2, 0.25) is 0 Å². The highest BCUT2D eigenvalue weighted by Crippen LogP contribution is 2.38. The van der Waals surface area contributed by atoms with E-state index in [-0.39, 0.29) is 11.4 Å². The summed E-state index contributed by atoms with van der Waals surface area (Å²) in [6.45, 7) is 2.42. The molecule has 30 heavy (non-hydrogen) atoms. The molecule has 2 unspecified atom stereocenters. The minimum Gasteiger partial charge on any atom is -0.347 e. The van der Waals surface area contributed by atoms with Crippen LogP contribution < -0.4 is 15.8 Å². The molecule has 1 spiro atoms. The highest BCUT2D eigenvalue weighted by molar-refractivity contribution is 5.97. The first-order valence-electron chi connectivity index (χ1n) is 10.0. The lowest BCUT2D eigenvalue weighted by molar-refractivity contribution is -0.169. The number of carbonyl (C=O) groups excluding carboxylic acids is 1. The van der Waals surface area contributed by atoms with Gasteiger partial charge in [-0.1, -0.05) is 30.3 Å². The minimum atomic E-state index is -1.000. The second-order valence-corrected chi connectivity index (χ2v) is 7.73. The van der Waals surface area contributed by atoms with Gasteiger partial charge in [0.25, 0.3) is 5.56 Å². The van der Waals surface area contributed by atoms with Gasteiger partial charge in [0.05, 0.1) is 24.8 Å². The van der Waals surface area contributed by atoms with Crippen LogP contribution in [-0.2, 0) is 14.3 Å². The summed E-state index contributed by atoms with van der Waals surface area (Å²) in [4.78, 5) is 35.1. The number of nitrogens with one attached hydrogen (secondary N) is 2. The fourth-order valence-electron chi connectivity index (χ4n) is 4.51. The molecule has 2 atom stereocenters. The molecule has 154 valence electrons. The maximum absolute atomic E-state index is 13.1. The first-order valence-corrected chi connectivity index (χ1v) is 10.0. The van der Waals surface area contributed by atoms with Gasteiger partial charge in [0.1, 0.15) is 11.7 Å². The van der Waals surface area contributed by atoms with Crippen molar-refractivity contribution in [3.8, 4) is 6.07 Å². The van der Waals surface area contributed by atoms with Gasteiger partial charge in [-0.05, 0) is 5.56 Å². The van der Waals surface area contributed by atoms with Crippen LogP contribution in [0.1, 0.15) is 29.9 Å². The zero-order valence-electron chi connectivity index (χ0n) is 16.3. The molecule has 2 saturated heterocycles. The number of aromatic amines is 1. The SMILES string of the molecule is N#CC1C(=O)Nc2nc(N3CCC4(CC3)OCCO4)[nH]c(=O)c2C1c1ccccc1. The molecule has 0 radical (unpaired) electrons. The third-order valence-electron chi connectivity index (χ3n) is 6.05. The summed E-state index contributed by atoms with van der Waals surface area (Å²) in [6.07, 6.45) is 1.34. The van der Waals surface area contributed by atoms with Gasteiger partial charge in [-0.25, -0.2) is 0 Å². The first-order chi connectivity index (χ1) is 14.6. The van der Waals surface area contributed by atoms with Gasteiger partial charge in [0.15, 0.2) is 5.79 Å². The lowest BCUT2D eigenvalue weighted by Crippen LogP contribution is -2.46. The second-order valence-electron chi connectivity index (χ2n) is 7.73. The first kappa shape index (κ1) is 18.8. The maximum Gasteiger partial charge on any atom is 0.258 e. The van der Waals surface area contributed by atoms with Crippen molar-refractivity contribution in [1.29, 1.82) is 5.26 Å². The van der Waals surface area contributed by atoms with E-state index in [9.17, 15) is 14.9 Å². The van der Waals surface area contributed by atoms with Crippen molar-refractivity contribution in [3.63, 3.8) is 0 Å². The molecule has 1 amide bonds. The Morgan fingerprint density at radius 3 is 2.50 bits per heavy atom. The van der Waals surface area contributed by atoms with Crippen LogP contribution in [-0.4, -0.2) is 48.0 Å². The fraction of sp³-hybridized carbons (Fsp3) is 0.429. The Labute approximate surface area is 172 Å². The third-order valence-corrected chi connectivity index (χ3v) is 6.05. The average molecular weight is 407 g/mol. The number of nitriles is 1. The summed E-state index contributed by atoms with van der Waals surface area (Å²) in [7, 11) is 0. The molecule has 3 aliphatic heterocycles. The number of H-pyrrole nitrogens is 1. The van der Waals surface area contributed by atoms with E-state index in [0.717, 1.165) is 5.56 Å². The van der Waals surface area contributed by atoms with Gasteiger partial charge in [0, 0.05) is 31.8 Å². The molecular formula is C21H21N5O4. The summed E-state index contributed by atoms with van der Waals surface area (Å²) in [6, 6.07) is 11.2. The zero-order chi connectivity index (χ0) is 20.7. The van der Waals surface area contributed by atoms with Gasteiger partial charge in [-0.3, -0.25) is 14.6 Å². The van der Waals surface area contributed by atoms with Gasteiger partial charge >= 0.3 is 0 Å². The Morgan fingerprint density at radius 2 is 1.83 bits per heavy atom. The Bertz CT molecular complexity index is 1060. The number of hydrogen-bond acceptors (Lipinski definition) is 7. The fourth-order valence-corrected chi connectivity index (χ4v) is 4.51. The number of benzene rings is 1. The van der Waals surface area contributed by atoms with Crippen LogP contribution >= 0.6 is 0 Å². The van der Waals surface area contributed by atoms with Crippen molar-refractivity contribution >= 4 is 17.7 Å². The molecule has 4 heterocycles. The molecule has 2 N–H and O–H groups in total. The Hall–Kier alpha value is -3.22. The molecule has 0 aliphatic carbocycles. The van der Waals surface area contributed by atoms with Crippen LogP contribution in [0.15, 0.2) is 35.1 Å². The van der Waals surface area contributed by atoms with E-state index in [1.807, 2.05) is 41.3 Å². The van der Waals surface area contributed by atoms with E-state index in [1.54, 1.807) is 0 Å². The number of rotatable bonds is 2. The Balaban J connectivity index is 1.50. The summed E-state index contributed by atoms with van der Waals surface area (Å²) in [5.74, 6) is -2.04. The Morgan fingerprint density at radius 1 is 1.13 bits per heavy atom. The number of ether oxygens (including phenoxy) is 2. The molecule has 0 saturated carbocycles. The number of hydrogen-bond donors (Lipinski definition) is 2. The lowest BCUT2D eigenvalue weighted by atomic mass is 9.79. The van der Waals surface area contributed by atoms with Crippen LogP contribution in [0.4, 0.5) is 11.8 Å². The van der Waals surface area contributed by atoms with Gasteiger partial charge in [-0.2, -0.15) is 10.2 Å². The highest BCUT2D eigenvalue weighted by atomic mass is 16.7. The number of nitrogens with zero attached hydrogens (tertiary/aromatic N) is 3. The van der Waals surface area contributed by atoms with Crippen molar-refractivity contribution in [2.24, 2.45) is 5.92 Å². The van der Waals surface area contributed by atoms with Crippen molar-refractivity contribution in [3.05, 3.63) is 51.8 Å². The van der Waals surface area contributed by atoms with Crippen molar-refractivity contribution in [2.75, 3.05) is 36.5 Å². The summed E-state index contributed by atoms with van der Waals surface area (Å²) in [5, 5.41) is 12.3. The Kier molecular flexibility index (Phi) is 4.53. The number of aromatic nitrogens is 2. The summed E-state index contributed by atoms with van der Waals surface area (Å²) < 4.78 is 11.5. The van der Waals surface area contributed by atoms with E-state index < -0.39 is 23.5 Å². The van der Waals surface area contributed by atoms with E-state index in [4.69, 9.17) is 9.47 Å². The van der Waals surface area contributed by atoms with Gasteiger partial charge in [0.2, 0.25) is 11.9 Å². The van der Waals surface area contributed by atoms with E-state index in [1.165, 1.54) is 0 Å². The number of fused-ring (bicyclic) bond motifs is 1. The molecule has 0 bridgehead atoms. The molecule has 9 heteroatoms. The van der Waals surface area contributed by atoms with Crippen molar-refractivity contribution in [2.45, 2.75) is 24.5 Å². The van der Waals surface area contributed by atoms with Gasteiger partial charge in [-0.15, -0.1) is 0 Å². The quantitative estimate of drug-likeness (QED) is 0.771. The zero-order valence-corrected chi connectivity index (χ0v) is 16.3. The molecule has 2 aromatic rings. The van der Waals surface area contributed by atoms with E-state index in [2.05, 4.69) is 15.3 Å². The molecule has 2 fully saturated rings. The maximum atomic E-state index is 13.1. The third kappa shape index (κ3) is 3.05. The molecule has 1 aromatic carbocycles. The van der Waals surface area contributed by atoms with Crippen molar-refractivity contribution < 1.29 is 14.3 Å². The van der Waals surface area contributed by atoms with Gasteiger partial charge < -0.3 is 19.7 Å². The molecule has 5 rings (SSSR count). The van der Waals surface area contributed by atoms with Crippen molar-refractivity contribution in [1.82, 2.24) is 9.97 Å². The van der Waals surface area contributed by atoms with Crippen LogP contribution in [0.25, 0.3) is 0 Å².